The Bertz CT molecular complexity index is 158. The van der Waals surface area contributed by atoms with Crippen LogP contribution in [0.4, 0.5) is 0 Å². The topological polar surface area (TPSA) is 20.2 Å². The largest absolute Gasteiger partial charge is 0.389 e. The maximum absolute atomic E-state index is 10.3. The predicted molar refractivity (Wildman–Crippen MR) is 58.0 cm³/mol. The number of hydrogen-bond acceptors (Lipinski definition) is 1. The molecule has 0 spiro atoms. The van der Waals surface area contributed by atoms with Crippen molar-refractivity contribution in [2.24, 2.45) is 0 Å². The lowest BCUT2D eigenvalue weighted by molar-refractivity contribution is 0.154. The molecule has 0 aromatic rings. The molecule has 1 atom stereocenters. The van der Waals surface area contributed by atoms with Crippen molar-refractivity contribution in [3.8, 4) is 0 Å². The Morgan fingerprint density at radius 1 is 1.33 bits per heavy atom. The van der Waals surface area contributed by atoms with Crippen molar-refractivity contribution in [2.45, 2.75) is 51.6 Å². The first-order chi connectivity index (χ1) is 5.37. The molecule has 0 aliphatic heterocycles. The van der Waals surface area contributed by atoms with Gasteiger partial charge in [-0.3, -0.25) is 0 Å². The summed E-state index contributed by atoms with van der Waals surface area (Å²) < 4.78 is 0. The van der Waals surface area contributed by atoms with Crippen LogP contribution >= 0.6 is 0 Å². The molecule has 0 aliphatic rings. The molecule has 0 rings (SSSR count). The average Bonchev–Trinajstić information content (AvgIpc) is 1.86. The first-order valence-electron chi connectivity index (χ1n) is 4.73. The van der Waals surface area contributed by atoms with Gasteiger partial charge in [-0.25, -0.2) is 0 Å². The van der Waals surface area contributed by atoms with E-state index in [1.165, 1.54) is 0 Å². The molecule has 12 heavy (non-hydrogen) atoms. The van der Waals surface area contributed by atoms with E-state index in [2.05, 4.69) is 26.6 Å². The third-order valence-electron chi connectivity index (χ3n) is 2.37. The molecule has 0 aromatic heterocycles. The minimum atomic E-state index is -1.48. The van der Waals surface area contributed by atoms with E-state index in [-0.39, 0.29) is 0 Å². The molecule has 0 amide bonds. The van der Waals surface area contributed by atoms with Crippen LogP contribution in [-0.4, -0.2) is 18.4 Å². The van der Waals surface area contributed by atoms with Crippen LogP contribution in [0.2, 0.25) is 19.6 Å². The van der Waals surface area contributed by atoms with Crippen LogP contribution < -0.4 is 0 Å². The van der Waals surface area contributed by atoms with Gasteiger partial charge in [0.1, 0.15) is 0 Å². The van der Waals surface area contributed by atoms with E-state index in [0.717, 1.165) is 12.8 Å². The molecule has 0 saturated carbocycles. The summed E-state index contributed by atoms with van der Waals surface area (Å²) in [6, 6.07) is 0. The highest BCUT2D eigenvalue weighted by Crippen LogP contribution is 2.27. The summed E-state index contributed by atoms with van der Waals surface area (Å²) in [5, 5.41) is 9.82. The Morgan fingerprint density at radius 3 is 2.08 bits per heavy atom. The maximum Gasteiger partial charge on any atom is 0.0870 e. The minimum Gasteiger partial charge on any atom is -0.389 e. The fourth-order valence-electron chi connectivity index (χ4n) is 1.37. The van der Waals surface area contributed by atoms with E-state index in [0.29, 0.717) is 0 Å². The lowest BCUT2D eigenvalue weighted by Crippen LogP contribution is -2.50. The van der Waals surface area contributed by atoms with Gasteiger partial charge in [0.05, 0.1) is 13.3 Å². The molecule has 2 heteroatoms. The zero-order chi connectivity index (χ0) is 9.83. The fraction of sp³-hybridized carbons (Fsp3) is 0.800. The van der Waals surface area contributed by atoms with E-state index in [1.807, 2.05) is 19.1 Å². The molecule has 0 bridgehead atoms. The number of hydrogen-bond donors (Lipinski definition) is 1. The Hall–Kier alpha value is -0.0831. The summed E-state index contributed by atoms with van der Waals surface area (Å²) in [5.41, 5.74) is 0. The van der Waals surface area contributed by atoms with Crippen molar-refractivity contribution < 1.29 is 5.11 Å². The maximum atomic E-state index is 10.3. The summed E-state index contributed by atoms with van der Waals surface area (Å²) in [4.78, 5) is 0. The standard InChI is InChI=1S/C10H22OSi/c1-6-8-10(11,9-7-2)12(3,4)5/h6,8,11H,7,9H2,1-5H3/b8-6+. The number of rotatable bonds is 4. The highest BCUT2D eigenvalue weighted by Gasteiger charge is 2.37. The molecule has 1 nitrogen and oxygen atoms in total. The zero-order valence-electron chi connectivity index (χ0n) is 9.02. The van der Waals surface area contributed by atoms with Crippen molar-refractivity contribution in [2.75, 3.05) is 0 Å². The fourth-order valence-corrected chi connectivity index (χ4v) is 3.03. The highest BCUT2D eigenvalue weighted by molar-refractivity contribution is 6.79. The summed E-state index contributed by atoms with van der Waals surface area (Å²) in [6.07, 6.45) is 5.88. The van der Waals surface area contributed by atoms with E-state index in [1.54, 1.807) is 0 Å². The summed E-state index contributed by atoms with van der Waals surface area (Å²) in [6.45, 7) is 10.7. The molecule has 0 radical (unpaired) electrons. The first kappa shape index (κ1) is 11.9. The summed E-state index contributed by atoms with van der Waals surface area (Å²) in [7, 11) is -1.48. The molecule has 0 saturated heterocycles. The van der Waals surface area contributed by atoms with Crippen LogP contribution in [-0.2, 0) is 0 Å². The predicted octanol–water partition coefficient (Wildman–Crippen LogP) is 2.97. The number of aliphatic hydroxyl groups is 1. The molecule has 0 heterocycles. The van der Waals surface area contributed by atoms with Gasteiger partial charge >= 0.3 is 0 Å². The lowest BCUT2D eigenvalue weighted by Gasteiger charge is -2.36. The van der Waals surface area contributed by atoms with Gasteiger partial charge in [0, 0.05) is 0 Å². The van der Waals surface area contributed by atoms with E-state index in [4.69, 9.17) is 0 Å². The lowest BCUT2D eigenvalue weighted by atomic mass is 10.2. The van der Waals surface area contributed by atoms with Gasteiger partial charge in [0.15, 0.2) is 0 Å². The van der Waals surface area contributed by atoms with E-state index >= 15 is 0 Å². The van der Waals surface area contributed by atoms with Crippen molar-refractivity contribution in [1.29, 1.82) is 0 Å². The van der Waals surface area contributed by atoms with Gasteiger partial charge in [0.2, 0.25) is 0 Å². The van der Waals surface area contributed by atoms with E-state index < -0.39 is 13.3 Å². The average molecular weight is 186 g/mol. The second kappa shape index (κ2) is 4.24. The first-order valence-corrected chi connectivity index (χ1v) is 8.23. The second-order valence-corrected chi connectivity index (χ2v) is 9.79. The molecule has 1 N–H and O–H groups in total. The van der Waals surface area contributed by atoms with Crippen LogP contribution in [0.3, 0.4) is 0 Å². The highest BCUT2D eigenvalue weighted by atomic mass is 28.3. The Labute approximate surface area is 77.5 Å². The second-order valence-electron chi connectivity index (χ2n) is 4.42. The molecule has 1 unspecified atom stereocenters. The van der Waals surface area contributed by atoms with Crippen LogP contribution in [0.25, 0.3) is 0 Å². The quantitative estimate of drug-likeness (QED) is 0.528. The zero-order valence-corrected chi connectivity index (χ0v) is 10.0. The Morgan fingerprint density at radius 2 is 1.83 bits per heavy atom. The summed E-state index contributed by atoms with van der Waals surface area (Å²) in [5.74, 6) is 0. The molecule has 0 aliphatic carbocycles. The normalized spacial score (nSPS) is 18.2. The van der Waals surface area contributed by atoms with Crippen molar-refractivity contribution in [3.05, 3.63) is 12.2 Å². The summed E-state index contributed by atoms with van der Waals surface area (Å²) >= 11 is 0. The number of allylic oxidation sites excluding steroid dienone is 1. The van der Waals surface area contributed by atoms with Gasteiger partial charge in [0.25, 0.3) is 0 Å². The third kappa shape index (κ3) is 2.76. The van der Waals surface area contributed by atoms with Crippen molar-refractivity contribution in [3.63, 3.8) is 0 Å². The van der Waals surface area contributed by atoms with Crippen molar-refractivity contribution in [1.82, 2.24) is 0 Å². The van der Waals surface area contributed by atoms with Crippen LogP contribution in [0.15, 0.2) is 12.2 Å². The van der Waals surface area contributed by atoms with Crippen LogP contribution in [0, 0.1) is 0 Å². The Balaban J connectivity index is 4.61. The van der Waals surface area contributed by atoms with Gasteiger partial charge in [-0.1, -0.05) is 45.1 Å². The van der Waals surface area contributed by atoms with Crippen LogP contribution in [0.5, 0.6) is 0 Å². The molecular weight excluding hydrogens is 164 g/mol. The smallest absolute Gasteiger partial charge is 0.0870 e. The van der Waals surface area contributed by atoms with Gasteiger partial charge in [-0.2, -0.15) is 0 Å². The SMILES string of the molecule is C/C=C/C(O)(CCC)[Si](C)(C)C. The molecule has 0 aromatic carbocycles. The molecule has 72 valence electrons. The third-order valence-corrected chi connectivity index (χ3v) is 5.39. The monoisotopic (exact) mass is 186 g/mol. The molecule has 0 fully saturated rings. The Kier molecular flexibility index (Phi) is 4.21. The van der Waals surface area contributed by atoms with Crippen molar-refractivity contribution >= 4 is 8.07 Å². The van der Waals surface area contributed by atoms with Gasteiger partial charge < -0.3 is 5.11 Å². The van der Waals surface area contributed by atoms with E-state index in [9.17, 15) is 5.11 Å². The van der Waals surface area contributed by atoms with Gasteiger partial charge in [-0.05, 0) is 13.3 Å². The minimum absolute atomic E-state index is 0.503. The van der Waals surface area contributed by atoms with Crippen LogP contribution in [0.1, 0.15) is 26.7 Å². The van der Waals surface area contributed by atoms with Gasteiger partial charge in [-0.15, -0.1) is 0 Å². The molecular formula is C10H22OSi.